The maximum absolute atomic E-state index is 13.2. The highest BCUT2D eigenvalue weighted by molar-refractivity contribution is 5.66. The summed E-state index contributed by atoms with van der Waals surface area (Å²) < 4.78 is 13.2. The highest BCUT2D eigenvalue weighted by Gasteiger charge is 2.14. The lowest BCUT2D eigenvalue weighted by Gasteiger charge is -2.29. The fraction of sp³-hybridized carbons (Fsp3) is 0.571. The van der Waals surface area contributed by atoms with Crippen LogP contribution in [0.4, 0.5) is 15.8 Å². The van der Waals surface area contributed by atoms with Crippen LogP contribution in [-0.2, 0) is 0 Å². The molecule has 1 aliphatic rings. The van der Waals surface area contributed by atoms with Crippen molar-refractivity contribution in [1.29, 1.82) is 0 Å². The maximum atomic E-state index is 13.2. The third-order valence-electron chi connectivity index (χ3n) is 3.40. The molecule has 0 aliphatic carbocycles. The van der Waals surface area contributed by atoms with Gasteiger partial charge in [-0.2, -0.15) is 0 Å². The molecule has 100 valence electrons. The third kappa shape index (κ3) is 3.60. The van der Waals surface area contributed by atoms with Gasteiger partial charge in [-0.25, -0.2) is 4.39 Å². The van der Waals surface area contributed by atoms with Gasteiger partial charge in [0, 0.05) is 12.6 Å². The van der Waals surface area contributed by atoms with Crippen molar-refractivity contribution in [3.8, 4) is 0 Å². The van der Waals surface area contributed by atoms with Gasteiger partial charge in [-0.1, -0.05) is 6.42 Å². The molecule has 18 heavy (non-hydrogen) atoms. The van der Waals surface area contributed by atoms with Gasteiger partial charge in [0.2, 0.25) is 0 Å². The summed E-state index contributed by atoms with van der Waals surface area (Å²) in [5.41, 5.74) is 7.12. The molecule has 4 heteroatoms. The topological polar surface area (TPSA) is 41.3 Å². The fourth-order valence-electron chi connectivity index (χ4n) is 2.49. The lowest BCUT2D eigenvalue weighted by atomic mass is 10.1. The number of hydrogen-bond donors (Lipinski definition) is 2. The van der Waals surface area contributed by atoms with Crippen LogP contribution in [0.5, 0.6) is 0 Å². The van der Waals surface area contributed by atoms with Crippen LogP contribution in [0.15, 0.2) is 18.2 Å². The van der Waals surface area contributed by atoms with Crippen LogP contribution in [0.3, 0.4) is 0 Å². The van der Waals surface area contributed by atoms with Gasteiger partial charge < -0.3 is 16.0 Å². The average Bonchev–Trinajstić information content (AvgIpc) is 2.35. The number of nitrogen functional groups attached to an aromatic ring is 1. The van der Waals surface area contributed by atoms with Gasteiger partial charge in [0.25, 0.3) is 0 Å². The Morgan fingerprint density at radius 2 is 2.06 bits per heavy atom. The molecule has 1 aromatic carbocycles. The SMILES string of the molecule is CC(CN1CCCCC1)Nc1cc(F)ccc1N. The molecule has 1 fully saturated rings. The number of rotatable bonds is 4. The van der Waals surface area contributed by atoms with E-state index in [9.17, 15) is 4.39 Å². The number of anilines is 2. The second-order valence-corrected chi connectivity index (χ2v) is 5.14. The summed E-state index contributed by atoms with van der Waals surface area (Å²) in [6.07, 6.45) is 3.92. The molecule has 1 aromatic rings. The number of hydrogen-bond acceptors (Lipinski definition) is 3. The molecule has 1 saturated heterocycles. The van der Waals surface area contributed by atoms with Gasteiger partial charge in [-0.05, 0) is 51.1 Å². The van der Waals surface area contributed by atoms with Crippen LogP contribution in [0, 0.1) is 5.82 Å². The van der Waals surface area contributed by atoms with Gasteiger partial charge in [0.05, 0.1) is 11.4 Å². The van der Waals surface area contributed by atoms with E-state index in [0.29, 0.717) is 11.4 Å². The first-order chi connectivity index (χ1) is 8.65. The third-order valence-corrected chi connectivity index (χ3v) is 3.40. The average molecular weight is 251 g/mol. The van der Waals surface area contributed by atoms with Crippen molar-refractivity contribution in [3.05, 3.63) is 24.0 Å². The predicted molar refractivity (Wildman–Crippen MR) is 74.2 cm³/mol. The van der Waals surface area contributed by atoms with E-state index in [0.717, 1.165) is 6.54 Å². The van der Waals surface area contributed by atoms with Crippen LogP contribution < -0.4 is 11.1 Å². The monoisotopic (exact) mass is 251 g/mol. The van der Waals surface area contributed by atoms with Crippen molar-refractivity contribution < 1.29 is 4.39 Å². The maximum Gasteiger partial charge on any atom is 0.125 e. The molecule has 2 rings (SSSR count). The largest absolute Gasteiger partial charge is 0.397 e. The van der Waals surface area contributed by atoms with Crippen molar-refractivity contribution in [2.45, 2.75) is 32.2 Å². The molecule has 0 amide bonds. The van der Waals surface area contributed by atoms with Gasteiger partial charge in [0.1, 0.15) is 5.82 Å². The zero-order chi connectivity index (χ0) is 13.0. The van der Waals surface area contributed by atoms with Gasteiger partial charge >= 0.3 is 0 Å². The number of nitrogens with one attached hydrogen (secondary N) is 1. The molecule has 1 heterocycles. The Morgan fingerprint density at radius 3 is 2.78 bits per heavy atom. The second kappa shape index (κ2) is 6.05. The van der Waals surface area contributed by atoms with Crippen LogP contribution >= 0.6 is 0 Å². The number of piperidine rings is 1. The Hall–Kier alpha value is -1.29. The molecular formula is C14H22FN3. The minimum atomic E-state index is -0.253. The van der Waals surface area contributed by atoms with Crippen molar-refractivity contribution in [2.24, 2.45) is 0 Å². The first-order valence-corrected chi connectivity index (χ1v) is 6.69. The van der Waals surface area contributed by atoms with E-state index < -0.39 is 0 Å². The van der Waals surface area contributed by atoms with E-state index in [1.54, 1.807) is 6.07 Å². The highest BCUT2D eigenvalue weighted by Crippen LogP contribution is 2.20. The molecular weight excluding hydrogens is 229 g/mol. The molecule has 0 bridgehead atoms. The summed E-state index contributed by atoms with van der Waals surface area (Å²) in [6, 6.07) is 4.72. The number of nitrogens with zero attached hydrogens (tertiary/aromatic N) is 1. The predicted octanol–water partition coefficient (Wildman–Crippen LogP) is 2.69. The number of likely N-dealkylation sites (tertiary alicyclic amines) is 1. The molecule has 1 aliphatic heterocycles. The molecule has 1 unspecified atom stereocenters. The first kappa shape index (κ1) is 13.1. The summed E-state index contributed by atoms with van der Waals surface area (Å²) in [6.45, 7) is 5.43. The van der Waals surface area contributed by atoms with Crippen molar-refractivity contribution in [3.63, 3.8) is 0 Å². The molecule has 3 N–H and O–H groups in total. The number of nitrogens with two attached hydrogens (primary N) is 1. The van der Waals surface area contributed by atoms with Crippen LogP contribution in [0.25, 0.3) is 0 Å². The van der Waals surface area contributed by atoms with E-state index in [4.69, 9.17) is 5.73 Å². The lowest BCUT2D eigenvalue weighted by Crippen LogP contribution is -2.38. The Morgan fingerprint density at radius 1 is 1.33 bits per heavy atom. The van der Waals surface area contributed by atoms with E-state index in [-0.39, 0.29) is 11.9 Å². The second-order valence-electron chi connectivity index (χ2n) is 5.14. The zero-order valence-corrected chi connectivity index (χ0v) is 11.0. The molecule has 3 nitrogen and oxygen atoms in total. The summed E-state index contributed by atoms with van der Waals surface area (Å²) >= 11 is 0. The highest BCUT2D eigenvalue weighted by atomic mass is 19.1. The molecule has 0 spiro atoms. The fourth-order valence-corrected chi connectivity index (χ4v) is 2.49. The molecule has 0 saturated carbocycles. The molecule has 0 aromatic heterocycles. The normalized spacial score (nSPS) is 18.6. The van der Waals surface area contributed by atoms with Crippen molar-refractivity contribution in [2.75, 3.05) is 30.7 Å². The summed E-state index contributed by atoms with van der Waals surface area (Å²) in [4.78, 5) is 2.46. The number of halogens is 1. The lowest BCUT2D eigenvalue weighted by molar-refractivity contribution is 0.223. The Labute approximate surface area is 108 Å². The Balaban J connectivity index is 1.89. The minimum Gasteiger partial charge on any atom is -0.397 e. The summed E-state index contributed by atoms with van der Waals surface area (Å²) in [7, 11) is 0. The van der Waals surface area contributed by atoms with Crippen LogP contribution in [0.1, 0.15) is 26.2 Å². The van der Waals surface area contributed by atoms with E-state index in [1.807, 2.05) is 0 Å². The van der Waals surface area contributed by atoms with E-state index in [1.165, 1.54) is 44.5 Å². The molecule has 0 radical (unpaired) electrons. The first-order valence-electron chi connectivity index (χ1n) is 6.69. The van der Waals surface area contributed by atoms with Gasteiger partial charge in [0.15, 0.2) is 0 Å². The quantitative estimate of drug-likeness (QED) is 0.808. The smallest absolute Gasteiger partial charge is 0.125 e. The van der Waals surface area contributed by atoms with Crippen molar-refractivity contribution in [1.82, 2.24) is 4.90 Å². The standard InChI is InChI=1S/C14H22FN3/c1-11(10-18-7-3-2-4-8-18)17-14-9-12(15)5-6-13(14)16/h5-6,9,11,17H,2-4,7-8,10,16H2,1H3. The zero-order valence-electron chi connectivity index (χ0n) is 11.0. The van der Waals surface area contributed by atoms with Crippen LogP contribution in [-0.4, -0.2) is 30.6 Å². The molecule has 1 atom stereocenters. The Bertz CT molecular complexity index is 389. The van der Waals surface area contributed by atoms with E-state index in [2.05, 4.69) is 17.1 Å². The minimum absolute atomic E-state index is 0.253. The van der Waals surface area contributed by atoms with Gasteiger partial charge in [-0.3, -0.25) is 0 Å². The Kier molecular flexibility index (Phi) is 4.42. The summed E-state index contributed by atoms with van der Waals surface area (Å²) in [5, 5.41) is 3.29. The van der Waals surface area contributed by atoms with Crippen LogP contribution in [0.2, 0.25) is 0 Å². The van der Waals surface area contributed by atoms with Gasteiger partial charge in [-0.15, -0.1) is 0 Å². The van der Waals surface area contributed by atoms with Crippen molar-refractivity contribution >= 4 is 11.4 Å². The number of benzene rings is 1. The summed E-state index contributed by atoms with van der Waals surface area (Å²) in [5.74, 6) is -0.253. The van der Waals surface area contributed by atoms with E-state index >= 15 is 0 Å².